The third-order valence-electron chi connectivity index (χ3n) is 3.71. The molecule has 0 atom stereocenters. The van der Waals surface area contributed by atoms with E-state index in [4.69, 9.17) is 0 Å². The maximum atomic E-state index is 12.4. The average Bonchev–Trinajstić information content (AvgIpc) is 3.23. The standard InChI is InChI=1S/C15H13N5OS/c21-15(11-8-16-3-4-17-11)19-5-6-20-12(9-18-14(20)10-19)13-2-1-7-22-13/h1-4,7-9H,5-6,10H2. The highest BCUT2D eigenvalue weighted by Crippen LogP contribution is 2.27. The van der Waals surface area contributed by atoms with Gasteiger partial charge in [0.1, 0.15) is 11.5 Å². The highest BCUT2D eigenvalue weighted by molar-refractivity contribution is 7.13. The first-order chi connectivity index (χ1) is 10.8. The van der Waals surface area contributed by atoms with Gasteiger partial charge in [0.15, 0.2) is 0 Å². The fourth-order valence-corrected chi connectivity index (χ4v) is 3.37. The number of imidazole rings is 1. The Morgan fingerprint density at radius 1 is 1.18 bits per heavy atom. The minimum Gasteiger partial charge on any atom is -0.328 e. The zero-order chi connectivity index (χ0) is 14.9. The summed E-state index contributed by atoms with van der Waals surface area (Å²) in [6.45, 7) is 1.90. The van der Waals surface area contributed by atoms with Gasteiger partial charge >= 0.3 is 0 Å². The summed E-state index contributed by atoms with van der Waals surface area (Å²) >= 11 is 1.70. The van der Waals surface area contributed by atoms with Crippen LogP contribution in [0.15, 0.2) is 42.3 Å². The summed E-state index contributed by atoms with van der Waals surface area (Å²) in [5.74, 6) is 0.812. The molecule has 0 unspecified atom stereocenters. The number of carbonyl (C=O) groups is 1. The predicted molar refractivity (Wildman–Crippen MR) is 82.3 cm³/mol. The van der Waals surface area contributed by atoms with Crippen LogP contribution in [0, 0.1) is 0 Å². The lowest BCUT2D eigenvalue weighted by atomic mass is 10.3. The molecule has 1 aliphatic heterocycles. The monoisotopic (exact) mass is 311 g/mol. The Hall–Kier alpha value is -2.54. The third-order valence-corrected chi connectivity index (χ3v) is 4.60. The summed E-state index contributed by atoms with van der Waals surface area (Å²) < 4.78 is 2.19. The number of thiophene rings is 1. The third kappa shape index (κ3) is 2.19. The van der Waals surface area contributed by atoms with Crippen LogP contribution in [0.3, 0.4) is 0 Å². The molecular formula is C15H13N5OS. The van der Waals surface area contributed by atoms with Crippen LogP contribution in [0.2, 0.25) is 0 Å². The van der Waals surface area contributed by atoms with Gasteiger partial charge in [-0.2, -0.15) is 0 Å². The minimum absolute atomic E-state index is 0.0972. The molecule has 6 nitrogen and oxygen atoms in total. The van der Waals surface area contributed by atoms with Crippen LogP contribution in [0.5, 0.6) is 0 Å². The lowest BCUT2D eigenvalue weighted by Gasteiger charge is -2.28. The lowest BCUT2D eigenvalue weighted by molar-refractivity contribution is 0.0701. The maximum absolute atomic E-state index is 12.4. The quantitative estimate of drug-likeness (QED) is 0.726. The van der Waals surface area contributed by atoms with Crippen LogP contribution in [0.4, 0.5) is 0 Å². The number of rotatable bonds is 2. The molecule has 110 valence electrons. The first-order valence-electron chi connectivity index (χ1n) is 6.96. The van der Waals surface area contributed by atoms with Crippen molar-refractivity contribution in [3.63, 3.8) is 0 Å². The van der Waals surface area contributed by atoms with E-state index in [1.807, 2.05) is 12.3 Å². The van der Waals surface area contributed by atoms with Crippen molar-refractivity contribution in [3.05, 3.63) is 53.8 Å². The van der Waals surface area contributed by atoms with Crippen LogP contribution in [0.1, 0.15) is 16.3 Å². The van der Waals surface area contributed by atoms with Crippen LogP contribution >= 0.6 is 11.3 Å². The van der Waals surface area contributed by atoms with E-state index in [2.05, 4.69) is 31.0 Å². The number of amides is 1. The van der Waals surface area contributed by atoms with Gasteiger partial charge in [-0.25, -0.2) is 9.97 Å². The first kappa shape index (κ1) is 13.1. The molecule has 0 saturated heterocycles. The molecule has 1 aliphatic rings. The largest absolute Gasteiger partial charge is 0.328 e. The Kier molecular flexibility index (Phi) is 3.19. The molecule has 4 rings (SSSR count). The normalized spacial score (nSPS) is 13.9. The summed E-state index contributed by atoms with van der Waals surface area (Å²) in [5, 5.41) is 2.06. The van der Waals surface area contributed by atoms with Crippen LogP contribution in [-0.4, -0.2) is 36.9 Å². The van der Waals surface area contributed by atoms with Gasteiger partial charge in [-0.15, -0.1) is 11.3 Å². The van der Waals surface area contributed by atoms with Crippen molar-refractivity contribution in [2.75, 3.05) is 6.54 Å². The van der Waals surface area contributed by atoms with Crippen molar-refractivity contribution in [2.45, 2.75) is 13.1 Å². The highest BCUT2D eigenvalue weighted by Gasteiger charge is 2.25. The molecule has 0 fully saturated rings. The molecule has 0 bridgehead atoms. The molecule has 1 amide bonds. The molecule has 0 aliphatic carbocycles. The van der Waals surface area contributed by atoms with Crippen LogP contribution in [-0.2, 0) is 13.1 Å². The van der Waals surface area contributed by atoms with Crippen molar-refractivity contribution in [2.24, 2.45) is 0 Å². The van der Waals surface area contributed by atoms with Crippen molar-refractivity contribution < 1.29 is 4.79 Å². The van der Waals surface area contributed by atoms with Gasteiger partial charge in [0.05, 0.1) is 29.5 Å². The number of aromatic nitrogens is 4. The molecule has 0 radical (unpaired) electrons. The number of hydrogen-bond acceptors (Lipinski definition) is 5. The van der Waals surface area contributed by atoms with E-state index in [1.54, 1.807) is 22.4 Å². The van der Waals surface area contributed by atoms with Gasteiger partial charge in [-0.3, -0.25) is 9.78 Å². The summed E-state index contributed by atoms with van der Waals surface area (Å²) in [7, 11) is 0. The second kappa shape index (κ2) is 5.34. The lowest BCUT2D eigenvalue weighted by Crippen LogP contribution is -2.38. The molecule has 4 heterocycles. The minimum atomic E-state index is -0.0972. The van der Waals surface area contributed by atoms with Crippen LogP contribution < -0.4 is 0 Å². The number of carbonyl (C=O) groups excluding carboxylic acids is 1. The molecule has 0 saturated carbocycles. The average molecular weight is 311 g/mol. The molecule has 22 heavy (non-hydrogen) atoms. The van der Waals surface area contributed by atoms with Crippen molar-refractivity contribution in [1.82, 2.24) is 24.4 Å². The zero-order valence-corrected chi connectivity index (χ0v) is 12.5. The van der Waals surface area contributed by atoms with Crippen molar-refractivity contribution in [3.8, 4) is 10.6 Å². The second-order valence-corrected chi connectivity index (χ2v) is 5.95. The van der Waals surface area contributed by atoms with Gasteiger partial charge in [-0.1, -0.05) is 6.07 Å². The predicted octanol–water partition coefficient (Wildman–Crippen LogP) is 2.06. The van der Waals surface area contributed by atoms with Gasteiger partial charge in [0.25, 0.3) is 5.91 Å². The Labute approximate surface area is 131 Å². The summed E-state index contributed by atoms with van der Waals surface area (Å²) in [6.07, 6.45) is 6.48. The molecule has 0 aromatic carbocycles. The topological polar surface area (TPSA) is 63.9 Å². The van der Waals surface area contributed by atoms with E-state index in [0.717, 1.165) is 18.1 Å². The number of fused-ring (bicyclic) bond motifs is 1. The molecule has 3 aromatic rings. The maximum Gasteiger partial charge on any atom is 0.274 e. The van der Waals surface area contributed by atoms with Crippen LogP contribution in [0.25, 0.3) is 10.6 Å². The first-order valence-corrected chi connectivity index (χ1v) is 7.84. The highest BCUT2D eigenvalue weighted by atomic mass is 32.1. The molecule has 0 N–H and O–H groups in total. The molecule has 0 spiro atoms. The van der Waals surface area contributed by atoms with E-state index in [1.165, 1.54) is 17.3 Å². The SMILES string of the molecule is O=C(c1cnccn1)N1CCn2c(-c3cccs3)cnc2C1. The van der Waals surface area contributed by atoms with Gasteiger partial charge < -0.3 is 9.47 Å². The summed E-state index contributed by atoms with van der Waals surface area (Å²) in [4.78, 5) is 27.9. The molecular weight excluding hydrogens is 298 g/mol. The van der Waals surface area contributed by atoms with Crippen molar-refractivity contribution >= 4 is 17.2 Å². The van der Waals surface area contributed by atoms with Gasteiger partial charge in [0, 0.05) is 25.5 Å². The van der Waals surface area contributed by atoms with E-state index in [9.17, 15) is 4.79 Å². The van der Waals surface area contributed by atoms with E-state index >= 15 is 0 Å². The Balaban J connectivity index is 1.59. The van der Waals surface area contributed by atoms with Gasteiger partial charge in [-0.05, 0) is 11.4 Å². The fraction of sp³-hybridized carbons (Fsp3) is 0.200. The van der Waals surface area contributed by atoms with Crippen molar-refractivity contribution in [1.29, 1.82) is 0 Å². The number of nitrogens with zero attached hydrogens (tertiary/aromatic N) is 5. The van der Waals surface area contributed by atoms with E-state index in [-0.39, 0.29) is 5.91 Å². The summed E-state index contributed by atoms with van der Waals surface area (Å²) in [6, 6.07) is 4.12. The zero-order valence-electron chi connectivity index (χ0n) is 11.7. The molecule has 7 heteroatoms. The van der Waals surface area contributed by atoms with E-state index < -0.39 is 0 Å². The summed E-state index contributed by atoms with van der Waals surface area (Å²) in [5.41, 5.74) is 1.50. The Morgan fingerprint density at radius 2 is 2.14 bits per heavy atom. The van der Waals surface area contributed by atoms with E-state index in [0.29, 0.717) is 18.8 Å². The smallest absolute Gasteiger partial charge is 0.274 e. The fourth-order valence-electron chi connectivity index (χ4n) is 2.63. The van der Waals surface area contributed by atoms with Gasteiger partial charge in [0.2, 0.25) is 0 Å². The Bertz CT molecular complexity index is 797. The second-order valence-electron chi connectivity index (χ2n) is 5.01. The number of hydrogen-bond donors (Lipinski definition) is 0. The Morgan fingerprint density at radius 3 is 2.91 bits per heavy atom. The molecule has 3 aromatic heterocycles.